The summed E-state index contributed by atoms with van der Waals surface area (Å²) in [7, 11) is 0. The van der Waals surface area contributed by atoms with Crippen LogP contribution in [0.5, 0.6) is 0 Å². The Labute approximate surface area is 92.4 Å². The van der Waals surface area contributed by atoms with Crippen molar-refractivity contribution in [3.05, 3.63) is 39.6 Å². The lowest BCUT2D eigenvalue weighted by Crippen LogP contribution is -1.85. The molecule has 1 aromatic rings. The van der Waals surface area contributed by atoms with Crippen LogP contribution < -0.4 is 0 Å². The molecular formula is C12H10FNS. The summed E-state index contributed by atoms with van der Waals surface area (Å²) in [6.07, 6.45) is 6.48. The fourth-order valence-corrected chi connectivity index (χ4v) is 1.91. The number of halogens is 1. The first-order valence-corrected chi connectivity index (χ1v) is 5.56. The van der Waals surface area contributed by atoms with Crippen molar-refractivity contribution in [2.24, 2.45) is 0 Å². The summed E-state index contributed by atoms with van der Waals surface area (Å²) in [5, 5.41) is 0.785. The van der Waals surface area contributed by atoms with Gasteiger partial charge in [-0.2, -0.15) is 0 Å². The first-order valence-electron chi connectivity index (χ1n) is 4.75. The van der Waals surface area contributed by atoms with Crippen LogP contribution in [0, 0.1) is 18.8 Å². The number of thiazole rings is 1. The molecule has 0 amide bonds. The van der Waals surface area contributed by atoms with Gasteiger partial charge in [-0.1, -0.05) is 12.0 Å². The minimum atomic E-state index is -0.0860. The molecule has 0 saturated carbocycles. The van der Waals surface area contributed by atoms with Crippen LogP contribution in [0.25, 0.3) is 0 Å². The monoisotopic (exact) mass is 219 g/mol. The van der Waals surface area contributed by atoms with Crippen molar-refractivity contribution in [2.45, 2.75) is 19.8 Å². The number of aryl methyl sites for hydroxylation is 1. The van der Waals surface area contributed by atoms with E-state index in [0.717, 1.165) is 21.9 Å². The minimum absolute atomic E-state index is 0.0860. The van der Waals surface area contributed by atoms with Gasteiger partial charge in [0.2, 0.25) is 0 Å². The molecule has 0 spiro atoms. The molecule has 0 unspecified atom stereocenters. The lowest BCUT2D eigenvalue weighted by molar-refractivity contribution is 0.586. The Kier molecular flexibility index (Phi) is 2.98. The summed E-state index contributed by atoms with van der Waals surface area (Å²) in [4.78, 5) is 5.26. The van der Waals surface area contributed by atoms with Crippen LogP contribution >= 0.6 is 11.3 Å². The van der Waals surface area contributed by atoms with Crippen molar-refractivity contribution in [1.82, 2.24) is 4.98 Å². The zero-order chi connectivity index (χ0) is 10.7. The topological polar surface area (TPSA) is 12.9 Å². The Balaban J connectivity index is 2.15. The van der Waals surface area contributed by atoms with Crippen LogP contribution in [-0.2, 0) is 0 Å². The third-order valence-electron chi connectivity index (χ3n) is 1.99. The third-order valence-corrected chi connectivity index (χ3v) is 2.82. The molecule has 15 heavy (non-hydrogen) atoms. The highest BCUT2D eigenvalue weighted by Crippen LogP contribution is 2.17. The van der Waals surface area contributed by atoms with E-state index < -0.39 is 0 Å². The summed E-state index contributed by atoms with van der Waals surface area (Å²) in [6.45, 7) is 1.99. The minimum Gasteiger partial charge on any atom is -0.236 e. The van der Waals surface area contributed by atoms with Gasteiger partial charge in [0.05, 0.1) is 0 Å². The fourth-order valence-electron chi connectivity index (χ4n) is 1.29. The molecule has 0 radical (unpaired) electrons. The molecule has 1 aromatic heterocycles. The van der Waals surface area contributed by atoms with Gasteiger partial charge in [0.25, 0.3) is 0 Å². The summed E-state index contributed by atoms with van der Waals surface area (Å²) in [5.74, 6) is 5.77. The summed E-state index contributed by atoms with van der Waals surface area (Å²) < 4.78 is 12.9. The number of hydrogen-bond acceptors (Lipinski definition) is 2. The van der Waals surface area contributed by atoms with Gasteiger partial charge in [-0.05, 0) is 25.3 Å². The van der Waals surface area contributed by atoms with Crippen molar-refractivity contribution in [1.29, 1.82) is 0 Å². The van der Waals surface area contributed by atoms with Gasteiger partial charge < -0.3 is 0 Å². The average molecular weight is 219 g/mol. The average Bonchev–Trinajstić information content (AvgIpc) is 2.62. The smallest absolute Gasteiger partial charge is 0.167 e. The predicted molar refractivity (Wildman–Crippen MR) is 60.2 cm³/mol. The maximum atomic E-state index is 12.9. The van der Waals surface area contributed by atoms with E-state index in [1.165, 1.54) is 6.08 Å². The molecule has 0 aromatic carbocycles. The van der Waals surface area contributed by atoms with E-state index >= 15 is 0 Å². The van der Waals surface area contributed by atoms with E-state index in [-0.39, 0.29) is 5.83 Å². The van der Waals surface area contributed by atoms with Gasteiger partial charge in [-0.25, -0.2) is 9.37 Å². The quantitative estimate of drug-likeness (QED) is 0.609. The molecule has 1 heterocycles. The van der Waals surface area contributed by atoms with E-state index in [2.05, 4.69) is 16.8 Å². The zero-order valence-corrected chi connectivity index (χ0v) is 9.20. The fraction of sp³-hybridized carbons (Fsp3) is 0.250. The van der Waals surface area contributed by atoms with Crippen molar-refractivity contribution in [2.75, 3.05) is 0 Å². The van der Waals surface area contributed by atoms with Crippen molar-refractivity contribution in [3.63, 3.8) is 0 Å². The van der Waals surface area contributed by atoms with Gasteiger partial charge in [-0.3, -0.25) is 0 Å². The molecular weight excluding hydrogens is 209 g/mol. The molecule has 0 atom stereocenters. The largest absolute Gasteiger partial charge is 0.236 e. The van der Waals surface area contributed by atoms with Gasteiger partial charge in [0.15, 0.2) is 5.01 Å². The molecule has 1 aliphatic carbocycles. The van der Waals surface area contributed by atoms with Gasteiger partial charge >= 0.3 is 0 Å². The van der Waals surface area contributed by atoms with Crippen molar-refractivity contribution >= 4 is 11.3 Å². The van der Waals surface area contributed by atoms with Crippen molar-refractivity contribution in [3.8, 4) is 11.8 Å². The molecule has 0 saturated heterocycles. The van der Waals surface area contributed by atoms with Crippen LogP contribution in [0.1, 0.15) is 22.7 Å². The van der Waals surface area contributed by atoms with E-state index in [0.29, 0.717) is 6.42 Å². The Morgan fingerprint density at radius 1 is 1.47 bits per heavy atom. The highest BCUT2D eigenvalue weighted by Gasteiger charge is 2.02. The van der Waals surface area contributed by atoms with Gasteiger partial charge in [0.1, 0.15) is 5.83 Å². The van der Waals surface area contributed by atoms with Gasteiger partial charge in [-0.15, -0.1) is 11.3 Å². The Morgan fingerprint density at radius 3 is 3.00 bits per heavy atom. The van der Waals surface area contributed by atoms with Crippen LogP contribution in [-0.4, -0.2) is 4.98 Å². The van der Waals surface area contributed by atoms with E-state index in [4.69, 9.17) is 0 Å². The Morgan fingerprint density at radius 2 is 2.33 bits per heavy atom. The number of aromatic nitrogens is 1. The van der Waals surface area contributed by atoms with E-state index in [1.54, 1.807) is 17.5 Å². The lowest BCUT2D eigenvalue weighted by atomic mass is 10.1. The SMILES string of the molecule is Cc1cnc(C#CC2=CCCC(F)=C2)s1. The highest BCUT2D eigenvalue weighted by atomic mass is 32.1. The Bertz CT molecular complexity index is 485. The maximum absolute atomic E-state index is 12.9. The number of rotatable bonds is 0. The molecule has 2 rings (SSSR count). The molecule has 0 aliphatic heterocycles. The molecule has 0 bridgehead atoms. The zero-order valence-electron chi connectivity index (χ0n) is 8.38. The third kappa shape index (κ3) is 2.77. The number of hydrogen-bond donors (Lipinski definition) is 0. The van der Waals surface area contributed by atoms with Crippen LogP contribution in [0.2, 0.25) is 0 Å². The van der Waals surface area contributed by atoms with Crippen LogP contribution in [0.15, 0.2) is 29.7 Å². The van der Waals surface area contributed by atoms with Crippen LogP contribution in [0.3, 0.4) is 0 Å². The lowest BCUT2D eigenvalue weighted by Gasteiger charge is -2.01. The first kappa shape index (κ1) is 10.1. The first-order chi connectivity index (χ1) is 7.24. The Hall–Kier alpha value is -1.40. The van der Waals surface area contributed by atoms with Gasteiger partial charge in [0, 0.05) is 23.1 Å². The standard InChI is InChI=1S/C12H10FNS/c1-9-8-14-12(15-9)6-5-10-3-2-4-11(13)7-10/h3,7-8H,2,4H2,1H3. The highest BCUT2D eigenvalue weighted by molar-refractivity contribution is 7.12. The molecule has 0 N–H and O–H groups in total. The van der Waals surface area contributed by atoms with E-state index in [9.17, 15) is 4.39 Å². The second kappa shape index (κ2) is 4.41. The number of allylic oxidation sites excluding steroid dienone is 4. The second-order valence-electron chi connectivity index (χ2n) is 3.32. The molecule has 0 fully saturated rings. The molecule has 1 aliphatic rings. The molecule has 76 valence electrons. The summed E-state index contributed by atoms with van der Waals surface area (Å²) >= 11 is 1.55. The van der Waals surface area contributed by atoms with Crippen LogP contribution in [0.4, 0.5) is 4.39 Å². The summed E-state index contributed by atoms with van der Waals surface area (Å²) in [6, 6.07) is 0. The summed E-state index contributed by atoms with van der Waals surface area (Å²) in [5.41, 5.74) is 0.756. The molecule has 1 nitrogen and oxygen atoms in total. The predicted octanol–water partition coefficient (Wildman–Crippen LogP) is 3.38. The van der Waals surface area contributed by atoms with Crippen molar-refractivity contribution < 1.29 is 4.39 Å². The maximum Gasteiger partial charge on any atom is 0.167 e. The van der Waals surface area contributed by atoms with E-state index in [1.807, 2.05) is 13.0 Å². The number of nitrogens with zero attached hydrogens (tertiary/aromatic N) is 1. The second-order valence-corrected chi connectivity index (χ2v) is 4.55. The molecule has 3 heteroatoms. The normalized spacial score (nSPS) is 15.1.